The van der Waals surface area contributed by atoms with Gasteiger partial charge in [-0.1, -0.05) is 29.8 Å². The highest BCUT2D eigenvalue weighted by atomic mass is 16.3. The summed E-state index contributed by atoms with van der Waals surface area (Å²) in [6.45, 7) is 1.93. The minimum absolute atomic E-state index is 0.113. The van der Waals surface area contributed by atoms with Gasteiger partial charge in [0.15, 0.2) is 6.29 Å². The fourth-order valence-corrected chi connectivity index (χ4v) is 2.24. The van der Waals surface area contributed by atoms with Gasteiger partial charge < -0.3 is 5.11 Å². The zero-order valence-corrected chi connectivity index (χ0v) is 11.5. The molecule has 1 aromatic heterocycles. The van der Waals surface area contributed by atoms with Gasteiger partial charge in [-0.3, -0.25) is 4.79 Å². The molecule has 0 spiro atoms. The number of carbonyl (C=O) groups excluding carboxylic acids is 1. The van der Waals surface area contributed by atoms with Gasteiger partial charge in [0, 0.05) is 11.8 Å². The molecular formula is C17H14N2O2. The highest BCUT2D eigenvalue weighted by Gasteiger charge is 2.15. The zero-order chi connectivity index (χ0) is 14.8. The molecule has 104 valence electrons. The lowest BCUT2D eigenvalue weighted by Gasteiger charge is -2.04. The number of rotatable bonds is 3. The molecule has 0 fully saturated rings. The Kier molecular flexibility index (Phi) is 3.28. The molecule has 0 bridgehead atoms. The van der Waals surface area contributed by atoms with Crippen molar-refractivity contribution in [2.24, 2.45) is 0 Å². The first-order chi connectivity index (χ1) is 10.2. The number of aryl methyl sites for hydroxylation is 1. The topological polar surface area (TPSA) is 55.1 Å². The predicted octanol–water partition coefficient (Wildman–Crippen LogP) is 3.37. The number of hydrogen-bond acceptors (Lipinski definition) is 3. The largest absolute Gasteiger partial charge is 0.507 e. The van der Waals surface area contributed by atoms with Gasteiger partial charge in [-0.15, -0.1) is 0 Å². The molecule has 3 aromatic rings. The quantitative estimate of drug-likeness (QED) is 0.747. The number of benzene rings is 2. The van der Waals surface area contributed by atoms with Crippen LogP contribution in [0.4, 0.5) is 0 Å². The van der Waals surface area contributed by atoms with Crippen LogP contribution in [0.25, 0.3) is 16.9 Å². The van der Waals surface area contributed by atoms with Crippen LogP contribution >= 0.6 is 0 Å². The summed E-state index contributed by atoms with van der Waals surface area (Å²) in [5.41, 5.74) is 3.34. The zero-order valence-electron chi connectivity index (χ0n) is 11.5. The second kappa shape index (κ2) is 5.25. The molecule has 21 heavy (non-hydrogen) atoms. The summed E-state index contributed by atoms with van der Waals surface area (Å²) in [6, 6.07) is 14.8. The Morgan fingerprint density at radius 3 is 2.62 bits per heavy atom. The number of aromatic nitrogens is 2. The number of hydrogen-bond donors (Lipinski definition) is 1. The first kappa shape index (κ1) is 13.1. The fraction of sp³-hybridized carbons (Fsp3) is 0.0588. The van der Waals surface area contributed by atoms with Gasteiger partial charge in [0.05, 0.1) is 11.3 Å². The number of phenolic OH excluding ortho intramolecular Hbond substituents is 1. The van der Waals surface area contributed by atoms with Gasteiger partial charge in [-0.2, -0.15) is 5.10 Å². The van der Waals surface area contributed by atoms with Crippen LogP contribution in [0, 0.1) is 6.92 Å². The van der Waals surface area contributed by atoms with E-state index in [2.05, 4.69) is 5.10 Å². The van der Waals surface area contributed by atoms with Crippen molar-refractivity contribution < 1.29 is 9.90 Å². The normalized spacial score (nSPS) is 10.5. The van der Waals surface area contributed by atoms with Crippen LogP contribution < -0.4 is 0 Å². The average Bonchev–Trinajstić information content (AvgIpc) is 2.94. The summed E-state index contributed by atoms with van der Waals surface area (Å²) in [7, 11) is 0. The number of aromatic hydroxyl groups is 1. The van der Waals surface area contributed by atoms with E-state index in [4.69, 9.17) is 0 Å². The van der Waals surface area contributed by atoms with Gasteiger partial charge in [0.25, 0.3) is 0 Å². The summed E-state index contributed by atoms with van der Waals surface area (Å²) < 4.78 is 1.64. The molecule has 0 saturated heterocycles. The first-order valence-corrected chi connectivity index (χ1v) is 6.59. The molecule has 0 unspecified atom stereocenters. The Balaban J connectivity index is 2.17. The van der Waals surface area contributed by atoms with E-state index < -0.39 is 0 Å². The van der Waals surface area contributed by atoms with Gasteiger partial charge in [0.1, 0.15) is 11.4 Å². The van der Waals surface area contributed by atoms with Crippen molar-refractivity contribution in [2.45, 2.75) is 6.92 Å². The van der Waals surface area contributed by atoms with E-state index in [1.807, 2.05) is 49.4 Å². The molecule has 0 aliphatic heterocycles. The molecular weight excluding hydrogens is 264 g/mol. The van der Waals surface area contributed by atoms with E-state index in [9.17, 15) is 9.90 Å². The van der Waals surface area contributed by atoms with Crippen LogP contribution in [0.15, 0.2) is 54.7 Å². The van der Waals surface area contributed by atoms with Crippen molar-refractivity contribution in [3.63, 3.8) is 0 Å². The van der Waals surface area contributed by atoms with E-state index >= 15 is 0 Å². The molecule has 0 atom stereocenters. The van der Waals surface area contributed by atoms with Crippen LogP contribution in [0.5, 0.6) is 5.75 Å². The molecule has 1 N–H and O–H groups in total. The SMILES string of the molecule is Cc1ccc(O)c(-c2nn(-c3ccccc3)cc2C=O)c1. The summed E-state index contributed by atoms with van der Waals surface area (Å²) in [5, 5.41) is 14.5. The molecule has 0 radical (unpaired) electrons. The van der Waals surface area contributed by atoms with Crippen molar-refractivity contribution in [2.75, 3.05) is 0 Å². The van der Waals surface area contributed by atoms with E-state index in [1.165, 1.54) is 0 Å². The van der Waals surface area contributed by atoms with Gasteiger partial charge in [0.2, 0.25) is 0 Å². The third-order valence-corrected chi connectivity index (χ3v) is 3.30. The van der Waals surface area contributed by atoms with Crippen LogP contribution in [0.3, 0.4) is 0 Å². The lowest BCUT2D eigenvalue weighted by molar-refractivity contribution is 0.112. The first-order valence-electron chi connectivity index (χ1n) is 6.59. The van der Waals surface area contributed by atoms with Crippen molar-refractivity contribution in [3.05, 3.63) is 65.9 Å². The highest BCUT2D eigenvalue weighted by Crippen LogP contribution is 2.31. The van der Waals surface area contributed by atoms with Gasteiger partial charge in [-0.25, -0.2) is 4.68 Å². The average molecular weight is 278 g/mol. The standard InChI is InChI=1S/C17H14N2O2/c1-12-7-8-16(21)15(9-12)17-13(11-20)10-19(18-17)14-5-3-2-4-6-14/h2-11,21H,1H3. The number of phenols is 1. The maximum Gasteiger partial charge on any atom is 0.153 e. The molecule has 3 rings (SSSR count). The predicted molar refractivity (Wildman–Crippen MR) is 80.8 cm³/mol. The Hall–Kier alpha value is -2.88. The highest BCUT2D eigenvalue weighted by molar-refractivity contribution is 5.87. The van der Waals surface area contributed by atoms with Crippen molar-refractivity contribution in [3.8, 4) is 22.7 Å². The number of para-hydroxylation sites is 1. The molecule has 0 amide bonds. The number of aldehydes is 1. The molecule has 4 heteroatoms. The Morgan fingerprint density at radius 1 is 1.14 bits per heavy atom. The molecule has 0 saturated carbocycles. The molecule has 1 heterocycles. The maximum atomic E-state index is 11.3. The van der Waals surface area contributed by atoms with Gasteiger partial charge >= 0.3 is 0 Å². The Labute approximate surface area is 122 Å². The van der Waals surface area contributed by atoms with E-state index in [0.29, 0.717) is 16.8 Å². The molecule has 4 nitrogen and oxygen atoms in total. The monoisotopic (exact) mass is 278 g/mol. The van der Waals surface area contributed by atoms with E-state index in [-0.39, 0.29) is 5.75 Å². The van der Waals surface area contributed by atoms with Crippen LogP contribution in [0.2, 0.25) is 0 Å². The summed E-state index contributed by atoms with van der Waals surface area (Å²) in [4.78, 5) is 11.3. The van der Waals surface area contributed by atoms with Gasteiger partial charge in [-0.05, 0) is 31.2 Å². The number of nitrogens with zero attached hydrogens (tertiary/aromatic N) is 2. The van der Waals surface area contributed by atoms with E-state index in [0.717, 1.165) is 17.5 Å². The molecule has 0 aliphatic carbocycles. The van der Waals surface area contributed by atoms with Crippen LogP contribution in [-0.2, 0) is 0 Å². The summed E-state index contributed by atoms with van der Waals surface area (Å²) in [5.74, 6) is 0.113. The van der Waals surface area contributed by atoms with Crippen LogP contribution in [-0.4, -0.2) is 21.2 Å². The molecule has 0 aliphatic rings. The third kappa shape index (κ3) is 2.43. The smallest absolute Gasteiger partial charge is 0.153 e. The fourth-order valence-electron chi connectivity index (χ4n) is 2.24. The molecule has 2 aromatic carbocycles. The summed E-state index contributed by atoms with van der Waals surface area (Å²) in [6.07, 6.45) is 2.42. The van der Waals surface area contributed by atoms with Crippen molar-refractivity contribution in [1.82, 2.24) is 9.78 Å². The lowest BCUT2D eigenvalue weighted by atomic mass is 10.1. The lowest BCUT2D eigenvalue weighted by Crippen LogP contribution is -1.94. The Morgan fingerprint density at radius 2 is 1.90 bits per heavy atom. The van der Waals surface area contributed by atoms with Crippen LogP contribution in [0.1, 0.15) is 15.9 Å². The van der Waals surface area contributed by atoms with Crippen molar-refractivity contribution >= 4 is 6.29 Å². The maximum absolute atomic E-state index is 11.3. The second-order valence-corrected chi connectivity index (χ2v) is 4.85. The van der Waals surface area contributed by atoms with Crippen molar-refractivity contribution in [1.29, 1.82) is 0 Å². The second-order valence-electron chi connectivity index (χ2n) is 4.85. The summed E-state index contributed by atoms with van der Waals surface area (Å²) >= 11 is 0. The minimum Gasteiger partial charge on any atom is -0.507 e. The minimum atomic E-state index is 0.113. The number of carbonyl (C=O) groups is 1. The third-order valence-electron chi connectivity index (χ3n) is 3.30. The Bertz CT molecular complexity index is 792. The van der Waals surface area contributed by atoms with E-state index in [1.54, 1.807) is 16.9 Å².